The van der Waals surface area contributed by atoms with Crippen LogP contribution in [-0.2, 0) is 6.42 Å². The molecule has 15 heavy (non-hydrogen) atoms. The molecule has 2 aromatic rings. The Labute approximate surface area is 89.6 Å². The van der Waals surface area contributed by atoms with Gasteiger partial charge in [-0.1, -0.05) is 19.4 Å². The van der Waals surface area contributed by atoms with Gasteiger partial charge < -0.3 is 4.98 Å². The Hall–Kier alpha value is -1.64. The van der Waals surface area contributed by atoms with Crippen LogP contribution >= 0.6 is 0 Å². The number of aryl methyl sites for hydroxylation is 1. The van der Waals surface area contributed by atoms with Crippen LogP contribution in [0.3, 0.4) is 0 Å². The summed E-state index contributed by atoms with van der Waals surface area (Å²) < 4.78 is 0. The molecule has 2 rings (SSSR count). The molecule has 1 N–H and O–H groups in total. The molecule has 0 saturated carbocycles. The summed E-state index contributed by atoms with van der Waals surface area (Å²) in [7, 11) is 0. The number of unbranched alkanes of at least 4 members (excludes halogenated alkanes) is 1. The molecule has 0 aliphatic heterocycles. The van der Waals surface area contributed by atoms with E-state index in [-0.39, 0.29) is 0 Å². The number of aromatic amines is 1. The predicted octanol–water partition coefficient (Wildman–Crippen LogP) is 2.81. The number of aromatic nitrogens is 3. The zero-order chi connectivity index (χ0) is 10.5. The highest BCUT2D eigenvalue weighted by molar-refractivity contribution is 5.52. The van der Waals surface area contributed by atoms with Gasteiger partial charge in [-0.15, -0.1) is 0 Å². The van der Waals surface area contributed by atoms with E-state index in [1.54, 1.807) is 6.20 Å². The van der Waals surface area contributed by atoms with Crippen LogP contribution in [0.25, 0.3) is 11.4 Å². The monoisotopic (exact) mass is 201 g/mol. The lowest BCUT2D eigenvalue weighted by molar-refractivity contribution is 0.763. The zero-order valence-corrected chi connectivity index (χ0v) is 8.90. The summed E-state index contributed by atoms with van der Waals surface area (Å²) in [5.74, 6) is 1.05. The Kier molecular flexibility index (Phi) is 3.12. The van der Waals surface area contributed by atoms with Crippen LogP contribution in [0.1, 0.15) is 25.6 Å². The van der Waals surface area contributed by atoms with Crippen molar-refractivity contribution in [3.05, 3.63) is 36.4 Å². The molecule has 78 valence electrons. The van der Waals surface area contributed by atoms with E-state index in [1.165, 1.54) is 12.8 Å². The lowest BCUT2D eigenvalue weighted by Crippen LogP contribution is -1.87. The molecule has 3 nitrogen and oxygen atoms in total. The number of rotatable bonds is 4. The smallest absolute Gasteiger partial charge is 0.106 e. The fourth-order valence-corrected chi connectivity index (χ4v) is 1.49. The SMILES string of the molecule is CCCCc1ncc(-c2ccccn2)[nH]1. The number of imidazole rings is 1. The van der Waals surface area contributed by atoms with E-state index in [2.05, 4.69) is 21.9 Å². The fourth-order valence-electron chi connectivity index (χ4n) is 1.49. The van der Waals surface area contributed by atoms with Gasteiger partial charge in [-0.3, -0.25) is 4.98 Å². The molecule has 0 atom stereocenters. The molecule has 0 unspecified atom stereocenters. The van der Waals surface area contributed by atoms with Gasteiger partial charge in [0, 0.05) is 12.6 Å². The van der Waals surface area contributed by atoms with Gasteiger partial charge in [-0.2, -0.15) is 0 Å². The Balaban J connectivity index is 2.14. The van der Waals surface area contributed by atoms with Gasteiger partial charge in [-0.25, -0.2) is 4.98 Å². The van der Waals surface area contributed by atoms with E-state index in [1.807, 2.05) is 24.4 Å². The molecular weight excluding hydrogens is 186 g/mol. The first kappa shape index (κ1) is 9.90. The van der Waals surface area contributed by atoms with Crippen LogP contribution < -0.4 is 0 Å². The first-order chi connectivity index (χ1) is 7.40. The van der Waals surface area contributed by atoms with E-state index in [9.17, 15) is 0 Å². The van der Waals surface area contributed by atoms with Crippen LogP contribution in [0, 0.1) is 0 Å². The summed E-state index contributed by atoms with van der Waals surface area (Å²) in [5, 5.41) is 0. The Morgan fingerprint density at radius 2 is 2.20 bits per heavy atom. The second-order valence-corrected chi connectivity index (χ2v) is 3.56. The molecule has 0 aliphatic rings. The summed E-state index contributed by atoms with van der Waals surface area (Å²) in [6.45, 7) is 2.18. The van der Waals surface area contributed by atoms with E-state index in [4.69, 9.17) is 0 Å². The molecule has 0 aliphatic carbocycles. The second kappa shape index (κ2) is 4.73. The molecule has 0 bridgehead atoms. The highest BCUT2D eigenvalue weighted by atomic mass is 14.9. The van der Waals surface area contributed by atoms with Crippen molar-refractivity contribution in [3.63, 3.8) is 0 Å². The van der Waals surface area contributed by atoms with Gasteiger partial charge in [-0.05, 0) is 18.6 Å². The lowest BCUT2D eigenvalue weighted by Gasteiger charge is -1.95. The van der Waals surface area contributed by atoms with E-state index in [0.29, 0.717) is 0 Å². The van der Waals surface area contributed by atoms with Crippen LogP contribution in [0.2, 0.25) is 0 Å². The van der Waals surface area contributed by atoms with Crippen molar-refractivity contribution in [2.75, 3.05) is 0 Å². The van der Waals surface area contributed by atoms with Crippen LogP contribution in [-0.4, -0.2) is 15.0 Å². The Morgan fingerprint density at radius 3 is 2.93 bits per heavy atom. The van der Waals surface area contributed by atoms with Gasteiger partial charge in [0.15, 0.2) is 0 Å². The van der Waals surface area contributed by atoms with Crippen molar-refractivity contribution in [2.45, 2.75) is 26.2 Å². The minimum absolute atomic E-state index is 0.952. The standard InChI is InChI=1S/C12H15N3/c1-2-3-7-12-14-9-11(15-12)10-6-4-5-8-13-10/h4-6,8-9H,2-3,7H2,1H3,(H,14,15). The summed E-state index contributed by atoms with van der Waals surface area (Å²) in [6, 6.07) is 5.88. The fraction of sp³-hybridized carbons (Fsp3) is 0.333. The molecule has 0 fully saturated rings. The minimum atomic E-state index is 0.952. The van der Waals surface area contributed by atoms with Crippen LogP contribution in [0.4, 0.5) is 0 Å². The third kappa shape index (κ3) is 2.43. The summed E-state index contributed by atoms with van der Waals surface area (Å²) >= 11 is 0. The average molecular weight is 201 g/mol. The molecule has 0 spiro atoms. The topological polar surface area (TPSA) is 41.6 Å². The minimum Gasteiger partial charge on any atom is -0.341 e. The van der Waals surface area contributed by atoms with Gasteiger partial charge in [0.1, 0.15) is 5.82 Å². The normalized spacial score (nSPS) is 10.5. The van der Waals surface area contributed by atoms with Gasteiger partial charge in [0.25, 0.3) is 0 Å². The maximum absolute atomic E-state index is 4.33. The Bertz CT molecular complexity index is 406. The van der Waals surface area contributed by atoms with E-state index < -0.39 is 0 Å². The van der Waals surface area contributed by atoms with Crippen LogP contribution in [0.15, 0.2) is 30.6 Å². The molecule has 3 heteroatoms. The van der Waals surface area contributed by atoms with E-state index in [0.717, 1.165) is 23.6 Å². The molecule has 2 aromatic heterocycles. The van der Waals surface area contributed by atoms with Crippen molar-refractivity contribution in [2.24, 2.45) is 0 Å². The highest BCUT2D eigenvalue weighted by Gasteiger charge is 2.02. The summed E-state index contributed by atoms with van der Waals surface area (Å²) in [5.41, 5.74) is 1.95. The zero-order valence-electron chi connectivity index (χ0n) is 8.90. The lowest BCUT2D eigenvalue weighted by atomic mass is 10.2. The Morgan fingerprint density at radius 1 is 1.27 bits per heavy atom. The maximum Gasteiger partial charge on any atom is 0.106 e. The number of nitrogens with one attached hydrogen (secondary N) is 1. The number of hydrogen-bond acceptors (Lipinski definition) is 2. The first-order valence-corrected chi connectivity index (χ1v) is 5.35. The molecule has 2 heterocycles. The van der Waals surface area contributed by atoms with Gasteiger partial charge in [0.2, 0.25) is 0 Å². The molecule has 0 saturated heterocycles. The largest absolute Gasteiger partial charge is 0.341 e. The average Bonchev–Trinajstić information content (AvgIpc) is 2.76. The molecule has 0 aromatic carbocycles. The quantitative estimate of drug-likeness (QED) is 0.826. The van der Waals surface area contributed by atoms with Crippen molar-refractivity contribution in [1.29, 1.82) is 0 Å². The first-order valence-electron chi connectivity index (χ1n) is 5.35. The number of pyridine rings is 1. The predicted molar refractivity (Wildman–Crippen MR) is 60.4 cm³/mol. The summed E-state index contributed by atoms with van der Waals surface area (Å²) in [6.07, 6.45) is 7.04. The van der Waals surface area contributed by atoms with Crippen LogP contribution in [0.5, 0.6) is 0 Å². The van der Waals surface area contributed by atoms with Gasteiger partial charge in [0.05, 0.1) is 17.6 Å². The van der Waals surface area contributed by atoms with Crippen molar-refractivity contribution in [1.82, 2.24) is 15.0 Å². The number of nitrogens with zero attached hydrogens (tertiary/aromatic N) is 2. The van der Waals surface area contributed by atoms with E-state index >= 15 is 0 Å². The van der Waals surface area contributed by atoms with Crippen molar-refractivity contribution < 1.29 is 0 Å². The molecular formula is C12H15N3. The molecule has 0 amide bonds. The second-order valence-electron chi connectivity index (χ2n) is 3.56. The summed E-state index contributed by atoms with van der Waals surface area (Å²) in [4.78, 5) is 11.9. The number of H-pyrrole nitrogens is 1. The number of hydrogen-bond donors (Lipinski definition) is 1. The van der Waals surface area contributed by atoms with Crippen molar-refractivity contribution in [3.8, 4) is 11.4 Å². The van der Waals surface area contributed by atoms with Gasteiger partial charge >= 0.3 is 0 Å². The molecule has 0 radical (unpaired) electrons. The third-order valence-electron chi connectivity index (χ3n) is 2.34. The van der Waals surface area contributed by atoms with Crippen molar-refractivity contribution >= 4 is 0 Å². The highest BCUT2D eigenvalue weighted by Crippen LogP contribution is 2.13. The maximum atomic E-state index is 4.33. The third-order valence-corrected chi connectivity index (χ3v) is 2.34.